The number of piperidine rings is 1. The van der Waals surface area contributed by atoms with Crippen molar-refractivity contribution >= 4 is 15.9 Å². The number of amides is 1. The lowest BCUT2D eigenvalue weighted by atomic mass is 9.94. The number of aryl methyl sites for hydroxylation is 1. The van der Waals surface area contributed by atoms with Crippen molar-refractivity contribution in [2.24, 2.45) is 0 Å². The Labute approximate surface area is 146 Å². The summed E-state index contributed by atoms with van der Waals surface area (Å²) in [7, 11) is -0.857. The van der Waals surface area contributed by atoms with Crippen LogP contribution in [0, 0.1) is 6.92 Å². The van der Waals surface area contributed by atoms with E-state index in [-0.39, 0.29) is 16.9 Å². The Morgan fingerprint density at radius 3 is 2.84 bits per heavy atom. The normalized spacial score (nSPS) is 18.7. The highest BCUT2D eigenvalue weighted by atomic mass is 32.2. The van der Waals surface area contributed by atoms with Gasteiger partial charge in [-0.15, -0.1) is 0 Å². The Kier molecular flexibility index (Phi) is 4.70. The van der Waals surface area contributed by atoms with Crippen LogP contribution in [-0.2, 0) is 10.0 Å². The topological polar surface area (TPSA) is 99.5 Å². The summed E-state index contributed by atoms with van der Waals surface area (Å²) in [5.41, 5.74) is 1.31. The van der Waals surface area contributed by atoms with Crippen LogP contribution in [-0.4, -0.2) is 60.9 Å². The molecule has 0 spiro atoms. The molecule has 1 unspecified atom stereocenters. The van der Waals surface area contributed by atoms with E-state index in [0.717, 1.165) is 22.8 Å². The average Bonchev–Trinajstić information content (AvgIpc) is 3.24. The summed E-state index contributed by atoms with van der Waals surface area (Å²) in [4.78, 5) is 14.6. The number of hydrogen-bond donors (Lipinski definition) is 1. The molecule has 1 fully saturated rings. The van der Waals surface area contributed by atoms with E-state index in [1.54, 1.807) is 18.0 Å². The molecule has 3 rings (SSSR count). The fourth-order valence-electron chi connectivity index (χ4n) is 3.05. The van der Waals surface area contributed by atoms with E-state index in [1.165, 1.54) is 20.2 Å². The number of carbonyl (C=O) groups is 1. The van der Waals surface area contributed by atoms with Crippen molar-refractivity contribution in [3.8, 4) is 0 Å². The maximum Gasteiger partial charge on any atom is 0.275 e. The fourth-order valence-corrected chi connectivity index (χ4v) is 3.91. The van der Waals surface area contributed by atoms with Crippen molar-refractivity contribution < 1.29 is 17.6 Å². The van der Waals surface area contributed by atoms with Crippen molar-refractivity contribution in [1.29, 1.82) is 0 Å². The summed E-state index contributed by atoms with van der Waals surface area (Å²) < 4.78 is 30.8. The molecule has 9 heteroatoms. The fraction of sp³-hybridized carbons (Fsp3) is 0.500. The van der Waals surface area contributed by atoms with Gasteiger partial charge >= 0.3 is 0 Å². The van der Waals surface area contributed by atoms with Gasteiger partial charge in [-0.3, -0.25) is 9.89 Å². The second kappa shape index (κ2) is 6.64. The molecular formula is C16H22N4O4S. The number of aromatic nitrogens is 2. The van der Waals surface area contributed by atoms with Gasteiger partial charge in [0.25, 0.3) is 15.9 Å². The van der Waals surface area contributed by atoms with Crippen molar-refractivity contribution in [1.82, 2.24) is 19.4 Å². The Hall–Kier alpha value is -2.13. The third kappa shape index (κ3) is 3.34. The number of rotatable bonds is 4. The predicted molar refractivity (Wildman–Crippen MR) is 90.8 cm³/mol. The maximum absolute atomic E-state index is 12.9. The minimum Gasteiger partial charge on any atom is -0.448 e. The first-order chi connectivity index (χ1) is 11.8. The SMILES string of the molecule is Cc1oc(S(=O)(=O)N(C)C)cc1C(=O)N1CCCC(c2ccn[nH]2)C1. The van der Waals surface area contributed by atoms with Crippen LogP contribution in [0.2, 0.25) is 0 Å². The van der Waals surface area contributed by atoms with Crippen molar-refractivity contribution in [2.45, 2.75) is 30.8 Å². The van der Waals surface area contributed by atoms with Gasteiger partial charge in [-0.25, -0.2) is 12.7 Å². The molecule has 2 aromatic rings. The number of hydrogen-bond acceptors (Lipinski definition) is 5. The largest absolute Gasteiger partial charge is 0.448 e. The zero-order chi connectivity index (χ0) is 18.2. The molecule has 8 nitrogen and oxygen atoms in total. The van der Waals surface area contributed by atoms with Crippen molar-refractivity contribution in [2.75, 3.05) is 27.2 Å². The third-order valence-corrected chi connectivity index (χ3v) is 6.20. The van der Waals surface area contributed by atoms with Gasteiger partial charge in [0.05, 0.1) is 5.56 Å². The molecule has 1 amide bonds. The van der Waals surface area contributed by atoms with E-state index in [2.05, 4.69) is 10.2 Å². The van der Waals surface area contributed by atoms with E-state index in [1.807, 2.05) is 6.07 Å². The van der Waals surface area contributed by atoms with E-state index >= 15 is 0 Å². The first-order valence-corrected chi connectivity index (χ1v) is 9.56. The summed E-state index contributed by atoms with van der Waals surface area (Å²) in [5, 5.41) is 6.73. The van der Waals surface area contributed by atoms with Gasteiger partial charge in [-0.05, 0) is 25.8 Å². The number of nitrogens with one attached hydrogen (secondary N) is 1. The molecule has 0 aliphatic carbocycles. The lowest BCUT2D eigenvalue weighted by molar-refractivity contribution is 0.0704. The van der Waals surface area contributed by atoms with Gasteiger partial charge in [0.2, 0.25) is 5.09 Å². The monoisotopic (exact) mass is 366 g/mol. The summed E-state index contributed by atoms with van der Waals surface area (Å²) in [5.74, 6) is 0.317. The molecule has 1 aliphatic rings. The highest BCUT2D eigenvalue weighted by molar-refractivity contribution is 7.88. The Morgan fingerprint density at radius 1 is 1.44 bits per heavy atom. The number of aromatic amines is 1. The Bertz CT molecular complexity index is 855. The van der Waals surface area contributed by atoms with Crippen LogP contribution in [0.25, 0.3) is 0 Å². The Morgan fingerprint density at radius 2 is 2.20 bits per heavy atom. The van der Waals surface area contributed by atoms with Gasteiger partial charge in [0.1, 0.15) is 5.76 Å². The second-order valence-corrected chi connectivity index (χ2v) is 8.51. The molecule has 1 saturated heterocycles. The highest BCUT2D eigenvalue weighted by Crippen LogP contribution is 2.28. The van der Waals surface area contributed by atoms with Gasteiger partial charge in [-0.2, -0.15) is 5.10 Å². The molecule has 0 bridgehead atoms. The molecule has 0 saturated carbocycles. The third-order valence-electron chi connectivity index (χ3n) is 4.53. The number of H-pyrrole nitrogens is 1. The predicted octanol–water partition coefficient (Wildman–Crippen LogP) is 1.58. The van der Waals surface area contributed by atoms with Crippen LogP contribution in [0.5, 0.6) is 0 Å². The second-order valence-electron chi connectivity index (χ2n) is 6.43. The van der Waals surface area contributed by atoms with Crippen LogP contribution in [0.3, 0.4) is 0 Å². The molecule has 1 aliphatic heterocycles. The average molecular weight is 366 g/mol. The van der Waals surface area contributed by atoms with Crippen LogP contribution >= 0.6 is 0 Å². The summed E-state index contributed by atoms with van der Waals surface area (Å²) in [6.07, 6.45) is 3.57. The van der Waals surface area contributed by atoms with Crippen molar-refractivity contribution in [3.63, 3.8) is 0 Å². The van der Waals surface area contributed by atoms with Gasteiger partial charge in [-0.1, -0.05) is 0 Å². The molecule has 3 heterocycles. The van der Waals surface area contributed by atoms with Crippen LogP contribution in [0.4, 0.5) is 0 Å². The van der Waals surface area contributed by atoms with E-state index in [9.17, 15) is 13.2 Å². The number of furan rings is 1. The Balaban J connectivity index is 1.82. The van der Waals surface area contributed by atoms with Gasteiger partial charge < -0.3 is 9.32 Å². The first kappa shape index (κ1) is 17.7. The molecule has 25 heavy (non-hydrogen) atoms. The molecule has 136 valence electrons. The molecule has 1 N–H and O–H groups in total. The van der Waals surface area contributed by atoms with Crippen molar-refractivity contribution in [3.05, 3.63) is 35.3 Å². The van der Waals surface area contributed by atoms with E-state index in [4.69, 9.17) is 4.42 Å². The zero-order valence-electron chi connectivity index (χ0n) is 14.5. The van der Waals surface area contributed by atoms with Crippen LogP contribution in [0.15, 0.2) is 27.8 Å². The molecule has 0 radical (unpaired) electrons. The number of carbonyl (C=O) groups excluding carboxylic acids is 1. The van der Waals surface area contributed by atoms with Gasteiger partial charge in [0, 0.05) is 51.1 Å². The summed E-state index contributed by atoms with van der Waals surface area (Å²) in [6.45, 7) is 2.82. The molecule has 1 atom stereocenters. The standard InChI is InChI=1S/C16H22N4O4S/c1-11-13(9-15(24-11)25(22,23)19(2)3)16(21)20-8-4-5-12(10-20)14-6-7-17-18-14/h6-7,9,12H,4-5,8,10H2,1-3H3,(H,17,18). The lowest BCUT2D eigenvalue weighted by Crippen LogP contribution is -2.39. The lowest BCUT2D eigenvalue weighted by Gasteiger charge is -2.32. The van der Waals surface area contributed by atoms with Gasteiger partial charge in [0.15, 0.2) is 0 Å². The minimum atomic E-state index is -3.71. The quantitative estimate of drug-likeness (QED) is 0.886. The van der Waals surface area contributed by atoms with E-state index < -0.39 is 10.0 Å². The highest BCUT2D eigenvalue weighted by Gasteiger charge is 2.30. The first-order valence-electron chi connectivity index (χ1n) is 8.12. The minimum absolute atomic E-state index is 0.203. The molecule has 0 aromatic carbocycles. The number of likely N-dealkylation sites (tertiary alicyclic amines) is 1. The molecule has 2 aromatic heterocycles. The van der Waals surface area contributed by atoms with E-state index in [0.29, 0.717) is 24.4 Å². The van der Waals surface area contributed by atoms with Crippen LogP contribution in [0.1, 0.15) is 40.6 Å². The van der Waals surface area contributed by atoms with Crippen LogP contribution < -0.4 is 0 Å². The smallest absolute Gasteiger partial charge is 0.275 e. The maximum atomic E-state index is 12.9. The molecular weight excluding hydrogens is 344 g/mol. The zero-order valence-corrected chi connectivity index (χ0v) is 15.3. The number of nitrogens with zero attached hydrogens (tertiary/aromatic N) is 3. The number of sulfonamides is 1. The summed E-state index contributed by atoms with van der Waals surface area (Å²) >= 11 is 0. The summed E-state index contributed by atoms with van der Waals surface area (Å²) in [6, 6.07) is 3.25.